The first-order valence-electron chi connectivity index (χ1n) is 5.59. The molecule has 0 atom stereocenters. The zero-order valence-corrected chi connectivity index (χ0v) is 8.81. The van der Waals surface area contributed by atoms with Crippen molar-refractivity contribution in [3.8, 4) is 0 Å². The summed E-state index contributed by atoms with van der Waals surface area (Å²) in [6.45, 7) is 6.22. The summed E-state index contributed by atoms with van der Waals surface area (Å²) in [4.78, 5) is 0. The molecular formula is C12H22O. The van der Waals surface area contributed by atoms with Gasteiger partial charge in [-0.15, -0.1) is 0 Å². The van der Waals surface area contributed by atoms with E-state index in [4.69, 9.17) is 0 Å². The largest absolute Gasteiger partial charge is 0.386 e. The van der Waals surface area contributed by atoms with Gasteiger partial charge in [0.05, 0.1) is 5.60 Å². The lowest BCUT2D eigenvalue weighted by Crippen LogP contribution is -2.33. The van der Waals surface area contributed by atoms with Gasteiger partial charge in [-0.25, -0.2) is 0 Å². The standard InChI is InChI=1S/C12H22O/c1-3-4-8-11(2)12(13)9-6-5-7-10-12/h13H,2-10H2,1H3. The Balaban J connectivity index is 2.42. The van der Waals surface area contributed by atoms with Crippen LogP contribution in [-0.4, -0.2) is 10.7 Å². The third kappa shape index (κ3) is 2.84. The Kier molecular flexibility index (Phi) is 3.98. The third-order valence-electron chi connectivity index (χ3n) is 3.17. The Morgan fingerprint density at radius 2 is 1.92 bits per heavy atom. The van der Waals surface area contributed by atoms with Crippen molar-refractivity contribution < 1.29 is 5.11 Å². The fraction of sp³-hybridized carbons (Fsp3) is 0.833. The molecule has 0 spiro atoms. The van der Waals surface area contributed by atoms with Crippen molar-refractivity contribution in [1.29, 1.82) is 0 Å². The molecule has 1 nitrogen and oxygen atoms in total. The number of unbranched alkanes of at least 4 members (excludes halogenated alkanes) is 1. The summed E-state index contributed by atoms with van der Waals surface area (Å²) in [5.41, 5.74) is 0.571. The quantitative estimate of drug-likeness (QED) is 0.660. The van der Waals surface area contributed by atoms with Crippen LogP contribution in [0.4, 0.5) is 0 Å². The average Bonchev–Trinajstić information content (AvgIpc) is 2.15. The highest BCUT2D eigenvalue weighted by Crippen LogP contribution is 2.35. The molecular weight excluding hydrogens is 160 g/mol. The fourth-order valence-corrected chi connectivity index (χ4v) is 2.11. The molecule has 0 radical (unpaired) electrons. The summed E-state index contributed by atoms with van der Waals surface area (Å²) in [5.74, 6) is 0. The molecule has 0 bridgehead atoms. The maximum atomic E-state index is 10.3. The summed E-state index contributed by atoms with van der Waals surface area (Å²) >= 11 is 0. The van der Waals surface area contributed by atoms with E-state index in [1.54, 1.807) is 0 Å². The highest BCUT2D eigenvalue weighted by Gasteiger charge is 2.31. The third-order valence-corrected chi connectivity index (χ3v) is 3.17. The molecule has 1 N–H and O–H groups in total. The zero-order valence-electron chi connectivity index (χ0n) is 8.81. The van der Waals surface area contributed by atoms with Crippen LogP contribution in [0.2, 0.25) is 0 Å². The SMILES string of the molecule is C=C(CCCC)C1(O)CCCCC1. The number of hydrogen-bond acceptors (Lipinski definition) is 1. The number of hydrogen-bond donors (Lipinski definition) is 1. The van der Waals surface area contributed by atoms with Gasteiger partial charge in [0.25, 0.3) is 0 Å². The van der Waals surface area contributed by atoms with E-state index in [-0.39, 0.29) is 0 Å². The summed E-state index contributed by atoms with van der Waals surface area (Å²) in [7, 11) is 0. The summed E-state index contributed by atoms with van der Waals surface area (Å²) in [6, 6.07) is 0. The van der Waals surface area contributed by atoms with Gasteiger partial charge in [0, 0.05) is 0 Å². The predicted octanol–water partition coefficient (Wildman–Crippen LogP) is 3.43. The topological polar surface area (TPSA) is 20.2 Å². The Morgan fingerprint density at radius 1 is 1.31 bits per heavy atom. The van der Waals surface area contributed by atoms with Gasteiger partial charge < -0.3 is 5.11 Å². The van der Waals surface area contributed by atoms with E-state index < -0.39 is 5.60 Å². The van der Waals surface area contributed by atoms with Gasteiger partial charge in [0.15, 0.2) is 0 Å². The Labute approximate surface area is 81.9 Å². The lowest BCUT2D eigenvalue weighted by molar-refractivity contribution is 0.0366. The molecule has 1 heteroatoms. The Bertz CT molecular complexity index is 166. The molecule has 1 rings (SSSR count). The minimum atomic E-state index is -0.507. The molecule has 1 aliphatic rings. The average molecular weight is 182 g/mol. The molecule has 0 aromatic carbocycles. The summed E-state index contributed by atoms with van der Waals surface area (Å²) in [5, 5.41) is 10.3. The van der Waals surface area contributed by atoms with Crippen LogP contribution in [0.15, 0.2) is 12.2 Å². The van der Waals surface area contributed by atoms with Crippen molar-refractivity contribution in [2.75, 3.05) is 0 Å². The second kappa shape index (κ2) is 4.80. The molecule has 0 amide bonds. The van der Waals surface area contributed by atoms with Crippen LogP contribution in [0.1, 0.15) is 58.3 Å². The van der Waals surface area contributed by atoms with Crippen molar-refractivity contribution in [3.05, 3.63) is 12.2 Å². The molecule has 13 heavy (non-hydrogen) atoms. The first-order chi connectivity index (χ1) is 6.19. The van der Waals surface area contributed by atoms with Gasteiger partial charge in [0.2, 0.25) is 0 Å². The summed E-state index contributed by atoms with van der Waals surface area (Å²) in [6.07, 6.45) is 8.86. The molecule has 0 unspecified atom stereocenters. The molecule has 0 saturated heterocycles. The van der Waals surface area contributed by atoms with Crippen LogP contribution < -0.4 is 0 Å². The Hall–Kier alpha value is -0.300. The van der Waals surface area contributed by atoms with Gasteiger partial charge in [-0.1, -0.05) is 39.2 Å². The van der Waals surface area contributed by atoms with Crippen molar-refractivity contribution >= 4 is 0 Å². The van der Waals surface area contributed by atoms with Crippen LogP contribution in [0, 0.1) is 0 Å². The smallest absolute Gasteiger partial charge is 0.0854 e. The predicted molar refractivity (Wildman–Crippen MR) is 56.7 cm³/mol. The highest BCUT2D eigenvalue weighted by molar-refractivity contribution is 5.13. The molecule has 76 valence electrons. The lowest BCUT2D eigenvalue weighted by Gasteiger charge is -2.34. The summed E-state index contributed by atoms with van der Waals surface area (Å²) < 4.78 is 0. The number of rotatable bonds is 4. The second-order valence-electron chi connectivity index (χ2n) is 4.30. The van der Waals surface area contributed by atoms with E-state index in [0.717, 1.165) is 24.8 Å². The lowest BCUT2D eigenvalue weighted by atomic mass is 9.78. The maximum Gasteiger partial charge on any atom is 0.0854 e. The molecule has 1 aliphatic carbocycles. The molecule has 1 fully saturated rings. The van der Waals surface area contributed by atoms with Crippen LogP contribution in [0.5, 0.6) is 0 Å². The van der Waals surface area contributed by atoms with E-state index >= 15 is 0 Å². The maximum absolute atomic E-state index is 10.3. The molecule has 0 aromatic heterocycles. The normalized spacial score (nSPS) is 21.4. The van der Waals surface area contributed by atoms with E-state index in [0.29, 0.717) is 0 Å². The first kappa shape index (κ1) is 10.8. The van der Waals surface area contributed by atoms with Crippen molar-refractivity contribution in [1.82, 2.24) is 0 Å². The van der Waals surface area contributed by atoms with Gasteiger partial charge in [0.1, 0.15) is 0 Å². The van der Waals surface area contributed by atoms with Crippen LogP contribution in [0.25, 0.3) is 0 Å². The zero-order chi connectivity index (χ0) is 9.73. The van der Waals surface area contributed by atoms with Crippen molar-refractivity contribution in [2.24, 2.45) is 0 Å². The molecule has 0 heterocycles. The Morgan fingerprint density at radius 3 is 2.46 bits per heavy atom. The first-order valence-corrected chi connectivity index (χ1v) is 5.59. The van der Waals surface area contributed by atoms with E-state index in [1.807, 2.05) is 0 Å². The minimum absolute atomic E-state index is 0.507. The molecule has 0 aromatic rings. The van der Waals surface area contributed by atoms with E-state index in [2.05, 4.69) is 13.5 Å². The second-order valence-corrected chi connectivity index (χ2v) is 4.30. The van der Waals surface area contributed by atoms with Crippen molar-refractivity contribution in [2.45, 2.75) is 63.9 Å². The van der Waals surface area contributed by atoms with Gasteiger partial charge in [-0.2, -0.15) is 0 Å². The number of aliphatic hydroxyl groups is 1. The van der Waals surface area contributed by atoms with E-state index in [1.165, 1.54) is 32.1 Å². The van der Waals surface area contributed by atoms with Gasteiger partial charge in [-0.05, 0) is 31.3 Å². The van der Waals surface area contributed by atoms with Crippen LogP contribution >= 0.6 is 0 Å². The van der Waals surface area contributed by atoms with Crippen LogP contribution in [0.3, 0.4) is 0 Å². The molecule has 1 saturated carbocycles. The van der Waals surface area contributed by atoms with Crippen molar-refractivity contribution in [3.63, 3.8) is 0 Å². The highest BCUT2D eigenvalue weighted by atomic mass is 16.3. The fourth-order valence-electron chi connectivity index (χ4n) is 2.11. The van der Waals surface area contributed by atoms with Gasteiger partial charge >= 0.3 is 0 Å². The monoisotopic (exact) mass is 182 g/mol. The van der Waals surface area contributed by atoms with E-state index in [9.17, 15) is 5.11 Å². The molecule has 0 aliphatic heterocycles. The minimum Gasteiger partial charge on any atom is -0.386 e. The van der Waals surface area contributed by atoms with Gasteiger partial charge in [-0.3, -0.25) is 0 Å². The van der Waals surface area contributed by atoms with Crippen LogP contribution in [-0.2, 0) is 0 Å².